The molecule has 0 saturated carbocycles. The van der Waals surface area contributed by atoms with Crippen molar-refractivity contribution in [2.75, 3.05) is 6.54 Å². The van der Waals surface area contributed by atoms with Crippen molar-refractivity contribution < 1.29 is 4.52 Å². The van der Waals surface area contributed by atoms with Crippen molar-refractivity contribution in [3.8, 4) is 0 Å². The number of H-pyrrole nitrogens is 1. The largest absolute Gasteiger partial charge is 0.361 e. The monoisotopic (exact) mass is 242 g/mol. The maximum atomic E-state index is 4.68. The van der Waals surface area contributed by atoms with Crippen LogP contribution in [0, 0.1) is 0 Å². The highest BCUT2D eigenvalue weighted by Gasteiger charge is 1.99. The van der Waals surface area contributed by atoms with Gasteiger partial charge in [0, 0.05) is 31.2 Å². The van der Waals surface area contributed by atoms with Crippen LogP contribution in [0.1, 0.15) is 11.4 Å². The number of fused-ring (bicyclic) bond motifs is 1. The summed E-state index contributed by atoms with van der Waals surface area (Å²) in [5, 5.41) is 8.37. The van der Waals surface area contributed by atoms with Gasteiger partial charge in [0.25, 0.3) is 0 Å². The van der Waals surface area contributed by atoms with E-state index in [-0.39, 0.29) is 0 Å². The van der Waals surface area contributed by atoms with E-state index in [0.29, 0.717) is 0 Å². The topological polar surface area (TPSA) is 66.7 Å². The lowest BCUT2D eigenvalue weighted by molar-refractivity contribution is 0.409. The zero-order chi connectivity index (χ0) is 12.2. The van der Waals surface area contributed by atoms with Crippen LogP contribution < -0.4 is 5.32 Å². The van der Waals surface area contributed by atoms with E-state index in [1.165, 1.54) is 22.9 Å². The number of nitrogens with zero attached hydrogens (tertiary/aromatic N) is 2. The van der Waals surface area contributed by atoms with Crippen molar-refractivity contribution in [1.29, 1.82) is 0 Å². The molecule has 0 saturated heterocycles. The van der Waals surface area contributed by atoms with Gasteiger partial charge in [0.1, 0.15) is 0 Å². The van der Waals surface area contributed by atoms with Crippen molar-refractivity contribution in [3.05, 3.63) is 48.2 Å². The summed E-state index contributed by atoms with van der Waals surface area (Å²) < 4.78 is 4.68. The molecule has 5 heteroatoms. The summed E-state index contributed by atoms with van der Waals surface area (Å²) in [6, 6.07) is 8.50. The van der Waals surface area contributed by atoms with Crippen LogP contribution in [0.5, 0.6) is 0 Å². The maximum absolute atomic E-state index is 4.68. The zero-order valence-corrected chi connectivity index (χ0v) is 9.89. The van der Waals surface area contributed by atoms with Crippen LogP contribution in [-0.4, -0.2) is 21.7 Å². The van der Waals surface area contributed by atoms with Crippen LogP contribution in [0.15, 0.2) is 41.4 Å². The Kier molecular flexibility index (Phi) is 3.06. The molecule has 18 heavy (non-hydrogen) atoms. The molecular weight excluding hydrogens is 228 g/mol. The highest BCUT2D eigenvalue weighted by molar-refractivity contribution is 5.79. The van der Waals surface area contributed by atoms with Crippen molar-refractivity contribution in [2.24, 2.45) is 0 Å². The van der Waals surface area contributed by atoms with Gasteiger partial charge in [-0.2, -0.15) is 4.98 Å². The lowest BCUT2D eigenvalue weighted by Crippen LogP contribution is -2.17. The molecule has 0 aliphatic rings. The molecule has 0 spiro atoms. The molecule has 0 bridgehead atoms. The van der Waals surface area contributed by atoms with Gasteiger partial charge in [-0.25, -0.2) is 0 Å². The molecule has 0 atom stereocenters. The third-order valence-electron chi connectivity index (χ3n) is 2.88. The summed E-state index contributed by atoms with van der Waals surface area (Å²) in [5.74, 6) is 0.738. The van der Waals surface area contributed by atoms with Gasteiger partial charge in [-0.3, -0.25) is 0 Å². The number of hydrogen-bond acceptors (Lipinski definition) is 4. The molecule has 3 rings (SSSR count). The van der Waals surface area contributed by atoms with Gasteiger partial charge < -0.3 is 14.8 Å². The summed E-state index contributed by atoms with van der Waals surface area (Å²) in [7, 11) is 0. The van der Waals surface area contributed by atoms with Gasteiger partial charge in [0.2, 0.25) is 6.39 Å². The average molecular weight is 242 g/mol. The van der Waals surface area contributed by atoms with E-state index in [4.69, 9.17) is 0 Å². The SMILES string of the molecule is c1cc2ccc(CNCCc3ncon3)cc2[nH]1. The number of hydrogen-bond donors (Lipinski definition) is 2. The van der Waals surface area contributed by atoms with Crippen LogP contribution >= 0.6 is 0 Å². The fourth-order valence-electron chi connectivity index (χ4n) is 1.94. The fourth-order valence-corrected chi connectivity index (χ4v) is 1.94. The van der Waals surface area contributed by atoms with Crippen molar-refractivity contribution >= 4 is 10.9 Å². The van der Waals surface area contributed by atoms with Gasteiger partial charge in [-0.1, -0.05) is 17.3 Å². The number of rotatable bonds is 5. The fraction of sp³-hybridized carbons (Fsp3) is 0.231. The Hall–Kier alpha value is -2.14. The lowest BCUT2D eigenvalue weighted by atomic mass is 10.1. The predicted molar refractivity (Wildman–Crippen MR) is 68.0 cm³/mol. The number of aromatic nitrogens is 3. The first kappa shape index (κ1) is 11.0. The van der Waals surface area contributed by atoms with Crippen LogP contribution in [-0.2, 0) is 13.0 Å². The summed E-state index contributed by atoms with van der Waals surface area (Å²) in [6.07, 6.45) is 4.09. The van der Waals surface area contributed by atoms with Crippen LogP contribution in [0.3, 0.4) is 0 Å². The molecule has 1 aromatic carbocycles. The third kappa shape index (κ3) is 2.41. The van der Waals surface area contributed by atoms with Crippen LogP contribution in [0.25, 0.3) is 10.9 Å². The molecule has 0 radical (unpaired) electrons. The molecule has 0 unspecified atom stereocenters. The Morgan fingerprint density at radius 2 is 2.28 bits per heavy atom. The van der Waals surface area contributed by atoms with E-state index in [0.717, 1.165) is 25.3 Å². The number of aromatic amines is 1. The number of benzene rings is 1. The van der Waals surface area contributed by atoms with E-state index in [1.807, 2.05) is 6.20 Å². The summed E-state index contributed by atoms with van der Waals surface area (Å²) in [5.41, 5.74) is 2.44. The minimum Gasteiger partial charge on any atom is -0.361 e. The molecule has 0 aliphatic carbocycles. The predicted octanol–water partition coefficient (Wildman–Crippen LogP) is 1.88. The Morgan fingerprint density at radius 3 is 3.17 bits per heavy atom. The molecule has 92 valence electrons. The molecule has 2 heterocycles. The first-order valence-electron chi connectivity index (χ1n) is 5.94. The van der Waals surface area contributed by atoms with E-state index < -0.39 is 0 Å². The second-order valence-electron chi connectivity index (χ2n) is 4.17. The van der Waals surface area contributed by atoms with Crippen molar-refractivity contribution in [2.45, 2.75) is 13.0 Å². The van der Waals surface area contributed by atoms with E-state index >= 15 is 0 Å². The van der Waals surface area contributed by atoms with Gasteiger partial charge >= 0.3 is 0 Å². The first-order chi connectivity index (χ1) is 8.92. The molecule has 5 nitrogen and oxygen atoms in total. The maximum Gasteiger partial charge on any atom is 0.213 e. The zero-order valence-electron chi connectivity index (χ0n) is 9.89. The summed E-state index contributed by atoms with van der Waals surface area (Å²) in [4.78, 5) is 7.18. The standard InChI is InChI=1S/C13H14N4O/c1-2-11-3-6-15-12(11)7-10(1)8-14-5-4-13-16-9-18-17-13/h1-3,6-7,9,14-15H,4-5,8H2. The molecule has 2 aromatic heterocycles. The lowest BCUT2D eigenvalue weighted by Gasteiger charge is -2.03. The van der Waals surface area contributed by atoms with Crippen molar-refractivity contribution in [3.63, 3.8) is 0 Å². The molecule has 0 fully saturated rings. The minimum atomic E-state index is 0.738. The second kappa shape index (κ2) is 5.01. The molecule has 2 N–H and O–H groups in total. The van der Waals surface area contributed by atoms with Gasteiger partial charge in [0.05, 0.1) is 0 Å². The average Bonchev–Trinajstić information content (AvgIpc) is 3.05. The Balaban J connectivity index is 1.53. The molecule has 0 aliphatic heterocycles. The van der Waals surface area contributed by atoms with Crippen LogP contribution in [0.4, 0.5) is 0 Å². The van der Waals surface area contributed by atoms with E-state index in [2.05, 4.69) is 49.2 Å². The quantitative estimate of drug-likeness (QED) is 0.670. The van der Waals surface area contributed by atoms with Gasteiger partial charge in [-0.05, 0) is 23.1 Å². The molecule has 0 amide bonds. The van der Waals surface area contributed by atoms with Gasteiger partial charge in [0.15, 0.2) is 5.82 Å². The first-order valence-corrected chi connectivity index (χ1v) is 5.94. The Labute approximate surface area is 104 Å². The molecule has 3 aromatic rings. The normalized spacial score (nSPS) is 11.1. The van der Waals surface area contributed by atoms with Crippen molar-refractivity contribution in [1.82, 2.24) is 20.4 Å². The highest BCUT2D eigenvalue weighted by Crippen LogP contribution is 2.13. The van der Waals surface area contributed by atoms with E-state index in [9.17, 15) is 0 Å². The highest BCUT2D eigenvalue weighted by atomic mass is 16.5. The molecular formula is C13H14N4O. The Bertz CT molecular complexity index is 615. The smallest absolute Gasteiger partial charge is 0.213 e. The Morgan fingerprint density at radius 1 is 1.28 bits per heavy atom. The third-order valence-corrected chi connectivity index (χ3v) is 2.88. The summed E-state index contributed by atoms with van der Waals surface area (Å²) >= 11 is 0. The van der Waals surface area contributed by atoms with Crippen LogP contribution in [0.2, 0.25) is 0 Å². The second-order valence-corrected chi connectivity index (χ2v) is 4.17. The number of nitrogens with one attached hydrogen (secondary N) is 2. The van der Waals surface area contributed by atoms with E-state index in [1.54, 1.807) is 0 Å². The van der Waals surface area contributed by atoms with Gasteiger partial charge in [-0.15, -0.1) is 0 Å². The summed E-state index contributed by atoms with van der Waals surface area (Å²) in [6.45, 7) is 1.68. The minimum absolute atomic E-state index is 0.738.